The fourth-order valence-corrected chi connectivity index (χ4v) is 1.84. The molecule has 0 spiro atoms. The quantitative estimate of drug-likeness (QED) is 0.807. The molecule has 1 aromatic rings. The largest absolute Gasteiger partial charge is 0.396 e. The average Bonchev–Trinajstić information content (AvgIpc) is 2.67. The van der Waals surface area contributed by atoms with Gasteiger partial charge >= 0.3 is 0 Å². The Balaban J connectivity index is 2.40. The molecule has 1 amide bonds. The molecule has 1 rings (SSSR count). The highest BCUT2D eigenvalue weighted by Gasteiger charge is 2.18. The lowest BCUT2D eigenvalue weighted by Crippen LogP contribution is -2.34. The Labute approximate surface area is 94.1 Å². The summed E-state index contributed by atoms with van der Waals surface area (Å²) in [7, 11) is 0. The van der Waals surface area contributed by atoms with E-state index in [2.05, 4.69) is 5.32 Å². The van der Waals surface area contributed by atoms with Gasteiger partial charge in [-0.15, -0.1) is 0 Å². The van der Waals surface area contributed by atoms with Crippen molar-refractivity contribution in [1.82, 2.24) is 5.32 Å². The molecule has 84 valence electrons. The summed E-state index contributed by atoms with van der Waals surface area (Å²) in [5, 5.41) is 15.4. The van der Waals surface area contributed by atoms with Crippen molar-refractivity contribution in [2.75, 3.05) is 13.2 Å². The van der Waals surface area contributed by atoms with Crippen LogP contribution < -0.4 is 5.32 Å². The molecule has 0 bridgehead atoms. The van der Waals surface area contributed by atoms with Gasteiger partial charge in [0.25, 0.3) is 5.91 Å². The molecule has 0 aliphatic rings. The molecule has 0 fully saturated rings. The number of nitrogens with one attached hydrogen (secondary N) is 1. The van der Waals surface area contributed by atoms with E-state index in [1.807, 2.05) is 24.6 Å². The first kappa shape index (κ1) is 12.2. The van der Waals surface area contributed by atoms with Crippen LogP contribution in [0.1, 0.15) is 30.6 Å². The summed E-state index contributed by atoms with van der Waals surface area (Å²) in [5.74, 6) is -0.0396. The minimum absolute atomic E-state index is 0.0396. The van der Waals surface area contributed by atoms with Gasteiger partial charge in [0.1, 0.15) is 0 Å². The number of carbonyl (C=O) groups is 1. The predicted octanol–water partition coefficient (Wildman–Crippen LogP) is 1.89. The van der Waals surface area contributed by atoms with Crippen molar-refractivity contribution in [3.8, 4) is 0 Å². The van der Waals surface area contributed by atoms with E-state index in [0.717, 1.165) is 0 Å². The van der Waals surface area contributed by atoms with E-state index in [-0.39, 0.29) is 17.9 Å². The van der Waals surface area contributed by atoms with Crippen molar-refractivity contribution in [3.05, 3.63) is 22.4 Å². The van der Waals surface area contributed by atoms with Crippen molar-refractivity contribution < 1.29 is 9.90 Å². The highest BCUT2D eigenvalue weighted by molar-refractivity contribution is 7.08. The number of amides is 1. The van der Waals surface area contributed by atoms with Crippen LogP contribution in [0.2, 0.25) is 0 Å². The molecule has 1 aromatic heterocycles. The van der Waals surface area contributed by atoms with Gasteiger partial charge in [0.2, 0.25) is 0 Å². The molecule has 0 aromatic carbocycles. The normalized spacial score (nSPS) is 11.4. The second-order valence-electron chi connectivity index (χ2n) is 4.33. The van der Waals surface area contributed by atoms with Crippen LogP contribution >= 0.6 is 11.3 Å². The predicted molar refractivity (Wildman–Crippen MR) is 62.1 cm³/mol. The third-order valence-corrected chi connectivity index (χ3v) is 2.98. The number of hydrogen-bond acceptors (Lipinski definition) is 3. The standard InChI is InChI=1S/C11H17NO2S/c1-11(2,4-5-13)8-12-10(14)9-3-6-15-7-9/h3,6-7,13H,4-5,8H2,1-2H3,(H,12,14). The summed E-state index contributed by atoms with van der Waals surface area (Å²) in [5.41, 5.74) is 0.653. The monoisotopic (exact) mass is 227 g/mol. The van der Waals surface area contributed by atoms with E-state index in [9.17, 15) is 4.79 Å². The summed E-state index contributed by atoms with van der Waals surface area (Å²) < 4.78 is 0. The average molecular weight is 227 g/mol. The second-order valence-corrected chi connectivity index (χ2v) is 5.11. The molecule has 0 atom stereocenters. The van der Waals surface area contributed by atoms with Gasteiger partial charge in [-0.05, 0) is 23.3 Å². The maximum Gasteiger partial charge on any atom is 0.252 e. The van der Waals surface area contributed by atoms with Gasteiger partial charge < -0.3 is 10.4 Å². The highest BCUT2D eigenvalue weighted by atomic mass is 32.1. The summed E-state index contributed by atoms with van der Waals surface area (Å²) in [6.45, 7) is 4.79. The third kappa shape index (κ3) is 4.01. The van der Waals surface area contributed by atoms with Crippen molar-refractivity contribution in [3.63, 3.8) is 0 Å². The lowest BCUT2D eigenvalue weighted by atomic mass is 9.90. The van der Waals surface area contributed by atoms with E-state index in [4.69, 9.17) is 5.11 Å². The number of aliphatic hydroxyl groups is 1. The molecule has 0 unspecified atom stereocenters. The van der Waals surface area contributed by atoms with Crippen LogP contribution in [0.3, 0.4) is 0 Å². The molecule has 0 aliphatic carbocycles. The zero-order chi connectivity index (χ0) is 11.3. The van der Waals surface area contributed by atoms with Crippen LogP contribution in [-0.4, -0.2) is 24.2 Å². The molecule has 3 nitrogen and oxygen atoms in total. The van der Waals surface area contributed by atoms with Gasteiger partial charge in [-0.1, -0.05) is 13.8 Å². The molecular formula is C11H17NO2S. The van der Waals surface area contributed by atoms with Crippen molar-refractivity contribution >= 4 is 17.2 Å². The molecule has 0 saturated carbocycles. The van der Waals surface area contributed by atoms with Crippen LogP contribution in [0.5, 0.6) is 0 Å². The minimum atomic E-state index is -0.0551. The third-order valence-electron chi connectivity index (χ3n) is 2.30. The van der Waals surface area contributed by atoms with Crippen LogP contribution in [0.4, 0.5) is 0 Å². The van der Waals surface area contributed by atoms with Gasteiger partial charge in [0.15, 0.2) is 0 Å². The van der Waals surface area contributed by atoms with E-state index in [1.165, 1.54) is 11.3 Å². The summed E-state index contributed by atoms with van der Waals surface area (Å²) in [4.78, 5) is 11.6. The Morgan fingerprint density at radius 3 is 2.87 bits per heavy atom. The van der Waals surface area contributed by atoms with Crippen LogP contribution in [0, 0.1) is 5.41 Å². The number of aliphatic hydroxyl groups excluding tert-OH is 1. The Bertz CT molecular complexity index is 306. The van der Waals surface area contributed by atoms with Crippen molar-refractivity contribution in [1.29, 1.82) is 0 Å². The van der Waals surface area contributed by atoms with Gasteiger partial charge in [0.05, 0.1) is 0 Å². The van der Waals surface area contributed by atoms with Gasteiger partial charge in [0, 0.05) is 24.1 Å². The smallest absolute Gasteiger partial charge is 0.252 e. The molecule has 0 saturated heterocycles. The number of thiophene rings is 1. The Morgan fingerprint density at radius 2 is 2.33 bits per heavy atom. The fraction of sp³-hybridized carbons (Fsp3) is 0.545. The molecule has 1 heterocycles. The van der Waals surface area contributed by atoms with Crippen LogP contribution in [0.15, 0.2) is 16.8 Å². The van der Waals surface area contributed by atoms with E-state index in [1.54, 1.807) is 6.07 Å². The zero-order valence-corrected chi connectivity index (χ0v) is 9.93. The van der Waals surface area contributed by atoms with E-state index in [0.29, 0.717) is 18.5 Å². The zero-order valence-electron chi connectivity index (χ0n) is 9.12. The van der Waals surface area contributed by atoms with E-state index >= 15 is 0 Å². The Kier molecular flexibility index (Phi) is 4.29. The highest BCUT2D eigenvalue weighted by Crippen LogP contribution is 2.18. The van der Waals surface area contributed by atoms with Crippen molar-refractivity contribution in [2.45, 2.75) is 20.3 Å². The summed E-state index contributed by atoms with van der Waals surface area (Å²) in [6.07, 6.45) is 0.691. The molecule has 15 heavy (non-hydrogen) atoms. The molecule has 0 radical (unpaired) electrons. The molecular weight excluding hydrogens is 210 g/mol. The van der Waals surface area contributed by atoms with Crippen LogP contribution in [-0.2, 0) is 0 Å². The maximum atomic E-state index is 11.6. The SMILES string of the molecule is CC(C)(CCO)CNC(=O)c1ccsc1. The van der Waals surface area contributed by atoms with Crippen LogP contribution in [0.25, 0.3) is 0 Å². The topological polar surface area (TPSA) is 49.3 Å². The maximum absolute atomic E-state index is 11.6. The fourth-order valence-electron chi connectivity index (χ4n) is 1.21. The Hall–Kier alpha value is -0.870. The van der Waals surface area contributed by atoms with Gasteiger partial charge in [-0.3, -0.25) is 4.79 Å². The lowest BCUT2D eigenvalue weighted by molar-refractivity contribution is 0.0928. The van der Waals surface area contributed by atoms with E-state index < -0.39 is 0 Å². The summed E-state index contributed by atoms with van der Waals surface area (Å²) in [6, 6.07) is 1.80. The first-order valence-corrected chi connectivity index (χ1v) is 5.91. The summed E-state index contributed by atoms with van der Waals surface area (Å²) >= 11 is 1.51. The Morgan fingerprint density at radius 1 is 1.60 bits per heavy atom. The molecule has 4 heteroatoms. The van der Waals surface area contributed by atoms with Gasteiger partial charge in [-0.2, -0.15) is 11.3 Å². The lowest BCUT2D eigenvalue weighted by Gasteiger charge is -2.23. The van der Waals surface area contributed by atoms with Crippen molar-refractivity contribution in [2.24, 2.45) is 5.41 Å². The number of carbonyl (C=O) groups excluding carboxylic acids is 1. The molecule has 2 N–H and O–H groups in total. The number of hydrogen-bond donors (Lipinski definition) is 2. The first-order valence-electron chi connectivity index (χ1n) is 4.96. The molecule has 0 aliphatic heterocycles. The second kappa shape index (κ2) is 5.28. The minimum Gasteiger partial charge on any atom is -0.396 e. The number of rotatable bonds is 5. The first-order chi connectivity index (χ1) is 7.05. The van der Waals surface area contributed by atoms with Gasteiger partial charge in [-0.25, -0.2) is 0 Å².